The quantitative estimate of drug-likeness (QED) is 0.103. The third-order valence-corrected chi connectivity index (χ3v) is 8.44. The molecule has 43 heavy (non-hydrogen) atoms. The van der Waals surface area contributed by atoms with Crippen molar-refractivity contribution in [1.29, 1.82) is 0 Å². The summed E-state index contributed by atoms with van der Waals surface area (Å²) in [5.74, 6) is 0.506. The van der Waals surface area contributed by atoms with Gasteiger partial charge < -0.3 is 10.1 Å². The molecule has 0 saturated heterocycles. The van der Waals surface area contributed by atoms with Gasteiger partial charge in [-0.1, -0.05) is 88.5 Å². The van der Waals surface area contributed by atoms with Crippen molar-refractivity contribution in [3.05, 3.63) is 76.5 Å². The lowest BCUT2D eigenvalue weighted by Gasteiger charge is -2.08. The van der Waals surface area contributed by atoms with E-state index in [-0.39, 0.29) is 18.2 Å². The van der Waals surface area contributed by atoms with Crippen LogP contribution in [0, 0.1) is 6.92 Å². The Morgan fingerprint density at radius 3 is 2.07 bits per heavy atom. The fraction of sp³-hybridized carbons (Fsp3) is 0.514. The zero-order valence-electron chi connectivity index (χ0n) is 26.6. The largest absolute Gasteiger partial charge is 0.497 e. The molecule has 2 aromatic carbocycles. The van der Waals surface area contributed by atoms with Crippen molar-refractivity contribution < 1.29 is 14.3 Å². The summed E-state index contributed by atoms with van der Waals surface area (Å²) >= 11 is 6.03. The predicted molar refractivity (Wildman–Crippen MR) is 181 cm³/mol. The van der Waals surface area contributed by atoms with Crippen LogP contribution in [0.4, 0.5) is 0 Å². The highest BCUT2D eigenvalue weighted by Crippen LogP contribution is 2.31. The number of hydrogen-bond donors (Lipinski definition) is 1. The van der Waals surface area contributed by atoms with Crippen LogP contribution in [0.2, 0.25) is 5.02 Å². The molecule has 0 saturated carbocycles. The SMILES string of the molecule is CCCCCCCC/C=C\CCCCCCCCNC(=O)Cc1c(C)n(C(=O)c2ccc(Cl)cc2)c2ccc(OC)cc12. The number of hydrogen-bond acceptors (Lipinski definition) is 3. The van der Waals surface area contributed by atoms with Crippen LogP contribution in [0.15, 0.2) is 54.6 Å². The van der Waals surface area contributed by atoms with Gasteiger partial charge in [-0.05, 0) is 87.1 Å². The molecule has 0 unspecified atom stereocenters. The van der Waals surface area contributed by atoms with Crippen LogP contribution in [-0.2, 0) is 11.2 Å². The summed E-state index contributed by atoms with van der Waals surface area (Å²) in [5, 5.41) is 4.52. The standard InChI is InChI=1S/C37H51ClN2O3/c1-4-5-6-7-8-9-10-11-12-13-14-15-16-17-18-19-26-39-36(41)28-33-29(2)40(35-25-24-32(43-3)27-34(33)35)37(42)30-20-22-31(38)23-21-30/h11-12,20-25,27H,4-10,13-19,26,28H2,1-3H3,(H,39,41)/b12-11-. The number of halogens is 1. The van der Waals surface area contributed by atoms with E-state index in [4.69, 9.17) is 16.3 Å². The third-order valence-electron chi connectivity index (χ3n) is 8.18. The van der Waals surface area contributed by atoms with Gasteiger partial charge in [0, 0.05) is 28.2 Å². The van der Waals surface area contributed by atoms with E-state index in [1.54, 1.807) is 35.9 Å². The predicted octanol–water partition coefficient (Wildman–Crippen LogP) is 10.00. The van der Waals surface area contributed by atoms with E-state index in [0.717, 1.165) is 35.0 Å². The van der Waals surface area contributed by atoms with Gasteiger partial charge in [-0.25, -0.2) is 0 Å². The molecule has 0 spiro atoms. The number of nitrogens with one attached hydrogen (secondary N) is 1. The number of fused-ring (bicyclic) bond motifs is 1. The minimum absolute atomic E-state index is 0.0309. The molecule has 234 valence electrons. The van der Waals surface area contributed by atoms with E-state index in [9.17, 15) is 9.59 Å². The van der Waals surface area contributed by atoms with Crippen molar-refractivity contribution in [3.8, 4) is 5.75 Å². The van der Waals surface area contributed by atoms with Gasteiger partial charge in [0.25, 0.3) is 5.91 Å². The smallest absolute Gasteiger partial charge is 0.262 e. The Kier molecular flexibility index (Phi) is 15.4. The Balaban J connectivity index is 1.39. The van der Waals surface area contributed by atoms with Crippen LogP contribution in [0.3, 0.4) is 0 Å². The second-order valence-corrected chi connectivity index (χ2v) is 12.0. The number of carbonyl (C=O) groups excluding carboxylic acids is 2. The van der Waals surface area contributed by atoms with Crippen LogP contribution in [-0.4, -0.2) is 30.0 Å². The van der Waals surface area contributed by atoms with Crippen molar-refractivity contribution in [2.45, 2.75) is 110 Å². The minimum atomic E-state index is -0.153. The Morgan fingerprint density at radius 2 is 1.44 bits per heavy atom. The number of amides is 1. The fourth-order valence-corrected chi connectivity index (χ4v) is 5.75. The van der Waals surface area contributed by atoms with Crippen molar-refractivity contribution in [2.24, 2.45) is 0 Å². The first-order chi connectivity index (χ1) is 21.0. The Morgan fingerprint density at radius 1 is 0.837 bits per heavy atom. The zero-order chi connectivity index (χ0) is 30.9. The van der Waals surface area contributed by atoms with Crippen molar-refractivity contribution in [1.82, 2.24) is 9.88 Å². The summed E-state index contributed by atoms with van der Waals surface area (Å²) in [6, 6.07) is 12.5. The van der Waals surface area contributed by atoms with Crippen LogP contribution in [0.1, 0.15) is 118 Å². The highest BCUT2D eigenvalue weighted by molar-refractivity contribution is 6.30. The molecule has 1 aromatic heterocycles. The maximum absolute atomic E-state index is 13.5. The van der Waals surface area contributed by atoms with Gasteiger partial charge in [0.2, 0.25) is 5.91 Å². The van der Waals surface area contributed by atoms with Gasteiger partial charge in [0.15, 0.2) is 0 Å². The Hall–Kier alpha value is -3.05. The molecule has 1 amide bonds. The molecule has 5 nitrogen and oxygen atoms in total. The highest BCUT2D eigenvalue weighted by Gasteiger charge is 2.22. The molecule has 0 radical (unpaired) electrons. The van der Waals surface area contributed by atoms with E-state index in [0.29, 0.717) is 22.9 Å². The van der Waals surface area contributed by atoms with E-state index >= 15 is 0 Å². The number of carbonyl (C=O) groups is 2. The van der Waals surface area contributed by atoms with Crippen molar-refractivity contribution in [3.63, 3.8) is 0 Å². The lowest BCUT2D eigenvalue weighted by Crippen LogP contribution is -2.26. The molecule has 0 fully saturated rings. The second kappa shape index (κ2) is 19.3. The lowest BCUT2D eigenvalue weighted by atomic mass is 10.1. The molecular weight excluding hydrogens is 556 g/mol. The molecule has 0 aliphatic heterocycles. The second-order valence-electron chi connectivity index (χ2n) is 11.6. The van der Waals surface area contributed by atoms with Crippen molar-refractivity contribution >= 4 is 34.3 Å². The highest BCUT2D eigenvalue weighted by atomic mass is 35.5. The van der Waals surface area contributed by atoms with Gasteiger partial charge in [-0.15, -0.1) is 0 Å². The van der Waals surface area contributed by atoms with Gasteiger partial charge in [0.05, 0.1) is 19.0 Å². The number of ether oxygens (including phenoxy) is 1. The Labute approximate surface area is 264 Å². The molecule has 3 aromatic rings. The van der Waals surface area contributed by atoms with E-state index < -0.39 is 0 Å². The molecular formula is C37H51ClN2O3. The van der Waals surface area contributed by atoms with Gasteiger partial charge in [0.1, 0.15) is 5.75 Å². The molecule has 0 aliphatic carbocycles. The summed E-state index contributed by atoms with van der Waals surface area (Å²) in [4.78, 5) is 26.4. The average molecular weight is 607 g/mol. The minimum Gasteiger partial charge on any atom is -0.497 e. The summed E-state index contributed by atoms with van der Waals surface area (Å²) in [6.07, 6.45) is 22.7. The first kappa shape index (κ1) is 34.4. The topological polar surface area (TPSA) is 60.3 Å². The van der Waals surface area contributed by atoms with Crippen LogP contribution >= 0.6 is 11.6 Å². The molecule has 0 atom stereocenters. The van der Waals surface area contributed by atoms with Gasteiger partial charge in [-0.3, -0.25) is 14.2 Å². The number of unbranched alkanes of at least 4 members (excludes halogenated alkanes) is 12. The van der Waals surface area contributed by atoms with Gasteiger partial charge >= 0.3 is 0 Å². The van der Waals surface area contributed by atoms with Crippen LogP contribution < -0.4 is 10.1 Å². The maximum Gasteiger partial charge on any atom is 0.262 e. The fourth-order valence-electron chi connectivity index (χ4n) is 5.62. The monoisotopic (exact) mass is 606 g/mol. The Bertz CT molecular complexity index is 1310. The molecule has 3 rings (SSSR count). The van der Waals surface area contributed by atoms with E-state index in [2.05, 4.69) is 24.4 Å². The number of aromatic nitrogens is 1. The maximum atomic E-state index is 13.5. The molecule has 0 bridgehead atoms. The zero-order valence-corrected chi connectivity index (χ0v) is 27.3. The number of allylic oxidation sites excluding steroid dienone is 2. The summed E-state index contributed by atoms with van der Waals surface area (Å²) in [6.45, 7) is 4.83. The number of nitrogens with zero attached hydrogens (tertiary/aromatic N) is 1. The average Bonchev–Trinajstić information content (AvgIpc) is 3.28. The summed E-state index contributed by atoms with van der Waals surface area (Å²) in [7, 11) is 1.62. The summed E-state index contributed by atoms with van der Waals surface area (Å²) in [5.41, 5.74) is 2.90. The molecule has 1 heterocycles. The van der Waals surface area contributed by atoms with Crippen LogP contribution in [0.25, 0.3) is 10.9 Å². The molecule has 0 aliphatic rings. The van der Waals surface area contributed by atoms with E-state index in [1.807, 2.05) is 25.1 Å². The summed E-state index contributed by atoms with van der Waals surface area (Å²) < 4.78 is 7.13. The lowest BCUT2D eigenvalue weighted by molar-refractivity contribution is -0.120. The normalized spacial score (nSPS) is 11.4. The van der Waals surface area contributed by atoms with Crippen molar-refractivity contribution in [2.75, 3.05) is 13.7 Å². The number of benzene rings is 2. The van der Waals surface area contributed by atoms with E-state index in [1.165, 1.54) is 77.0 Å². The first-order valence-electron chi connectivity index (χ1n) is 16.4. The number of methoxy groups -OCH3 is 1. The van der Waals surface area contributed by atoms with Gasteiger partial charge in [-0.2, -0.15) is 0 Å². The number of rotatable bonds is 20. The molecule has 6 heteroatoms. The third kappa shape index (κ3) is 11.2. The van der Waals surface area contributed by atoms with Crippen LogP contribution in [0.5, 0.6) is 5.75 Å². The molecule has 1 N–H and O–H groups in total. The first-order valence-corrected chi connectivity index (χ1v) is 16.7.